The molecule has 13 aromatic carbocycles. The van der Waals surface area contributed by atoms with Gasteiger partial charge in [-0.05, 0) is 166 Å². The second-order valence-corrected chi connectivity index (χ2v) is 18.4. The molecule has 0 heterocycles. The fourth-order valence-electron chi connectivity index (χ4n) is 11.5. The summed E-state index contributed by atoms with van der Waals surface area (Å²) in [5.41, 5.74) is 15.4. The van der Waals surface area contributed by atoms with Crippen LogP contribution in [-0.2, 0) is 5.41 Å². The molecular weight excluding hydrogens is 757 g/mol. The van der Waals surface area contributed by atoms with Gasteiger partial charge in [0.25, 0.3) is 0 Å². The molecule has 0 nitrogen and oxygen atoms in total. The molecule has 0 saturated carbocycles. The molecule has 0 saturated heterocycles. The first-order valence-electron chi connectivity index (χ1n) is 22.2. The molecule has 0 N–H and O–H groups in total. The van der Waals surface area contributed by atoms with Gasteiger partial charge in [-0.15, -0.1) is 0 Å². The van der Waals surface area contributed by atoms with Crippen molar-refractivity contribution in [3.8, 4) is 55.6 Å². The van der Waals surface area contributed by atoms with Crippen LogP contribution in [0.5, 0.6) is 0 Å². The third-order valence-corrected chi connectivity index (χ3v) is 14.7. The third-order valence-electron chi connectivity index (χ3n) is 14.7. The molecule has 13 aromatic rings. The van der Waals surface area contributed by atoms with E-state index in [0.29, 0.717) is 0 Å². The topological polar surface area (TPSA) is 0 Å². The summed E-state index contributed by atoms with van der Waals surface area (Å²) < 4.78 is 0. The van der Waals surface area contributed by atoms with Crippen LogP contribution in [-0.4, -0.2) is 0 Å². The molecule has 0 amide bonds. The van der Waals surface area contributed by atoms with Crippen LogP contribution in [0.1, 0.15) is 25.0 Å². The van der Waals surface area contributed by atoms with Crippen LogP contribution in [0.15, 0.2) is 206 Å². The summed E-state index contributed by atoms with van der Waals surface area (Å²) in [5.74, 6) is 0. The van der Waals surface area contributed by atoms with Gasteiger partial charge in [-0.3, -0.25) is 0 Å². The Morgan fingerprint density at radius 2 is 0.571 bits per heavy atom. The monoisotopic (exact) mass is 796 g/mol. The van der Waals surface area contributed by atoms with E-state index in [2.05, 4.69) is 220 Å². The van der Waals surface area contributed by atoms with Gasteiger partial charge in [-0.25, -0.2) is 0 Å². The SMILES string of the molecule is CC1(C)c2cc(-c3ccc(-c4ccc5ccc6cccc7ccc4c5c67)cc3)ccc2-c2ccc(-c3ccc4cc(-c5ccc6ccc7cccc8ccc5c6c78)ccc4c3)cc21. The summed E-state index contributed by atoms with van der Waals surface area (Å²) in [7, 11) is 0. The van der Waals surface area contributed by atoms with E-state index in [1.54, 1.807) is 0 Å². The van der Waals surface area contributed by atoms with Gasteiger partial charge in [0.05, 0.1) is 0 Å². The van der Waals surface area contributed by atoms with Crippen molar-refractivity contribution < 1.29 is 0 Å². The van der Waals surface area contributed by atoms with Crippen molar-refractivity contribution >= 4 is 75.4 Å². The van der Waals surface area contributed by atoms with Gasteiger partial charge in [0.1, 0.15) is 0 Å². The number of fused-ring (bicyclic) bond motifs is 4. The quantitative estimate of drug-likeness (QED) is 0.156. The summed E-state index contributed by atoms with van der Waals surface area (Å²) >= 11 is 0. The Bertz CT molecular complexity index is 4000. The lowest BCUT2D eigenvalue weighted by molar-refractivity contribution is 0.661. The van der Waals surface area contributed by atoms with Crippen molar-refractivity contribution in [3.05, 3.63) is 217 Å². The first-order valence-corrected chi connectivity index (χ1v) is 22.2. The highest BCUT2D eigenvalue weighted by Gasteiger charge is 2.36. The van der Waals surface area contributed by atoms with E-state index in [1.165, 1.54) is 142 Å². The lowest BCUT2D eigenvalue weighted by atomic mass is 9.80. The minimum absolute atomic E-state index is 0.134. The Morgan fingerprint density at radius 1 is 0.238 bits per heavy atom. The third kappa shape index (κ3) is 4.98. The normalized spacial score (nSPS) is 13.4. The molecule has 0 bridgehead atoms. The van der Waals surface area contributed by atoms with Crippen molar-refractivity contribution in [2.24, 2.45) is 0 Å². The van der Waals surface area contributed by atoms with Gasteiger partial charge < -0.3 is 0 Å². The van der Waals surface area contributed by atoms with Crippen LogP contribution in [0, 0.1) is 0 Å². The van der Waals surface area contributed by atoms with Gasteiger partial charge in [0, 0.05) is 5.41 Å². The van der Waals surface area contributed by atoms with Crippen LogP contribution >= 0.6 is 0 Å². The minimum Gasteiger partial charge on any atom is -0.0610 e. The molecule has 1 aliphatic carbocycles. The fourth-order valence-corrected chi connectivity index (χ4v) is 11.5. The van der Waals surface area contributed by atoms with Crippen molar-refractivity contribution in [1.29, 1.82) is 0 Å². The van der Waals surface area contributed by atoms with E-state index in [9.17, 15) is 0 Å². The Labute approximate surface area is 366 Å². The molecule has 63 heavy (non-hydrogen) atoms. The van der Waals surface area contributed by atoms with Crippen LogP contribution in [0.2, 0.25) is 0 Å². The highest BCUT2D eigenvalue weighted by molar-refractivity contribution is 6.26. The molecule has 14 rings (SSSR count). The van der Waals surface area contributed by atoms with Gasteiger partial charge >= 0.3 is 0 Å². The van der Waals surface area contributed by atoms with Crippen LogP contribution < -0.4 is 0 Å². The number of benzene rings is 13. The molecule has 1 aliphatic rings. The van der Waals surface area contributed by atoms with Gasteiger partial charge in [-0.2, -0.15) is 0 Å². The summed E-state index contributed by atoms with van der Waals surface area (Å²) in [6, 6.07) is 78.0. The summed E-state index contributed by atoms with van der Waals surface area (Å²) in [6.45, 7) is 4.78. The van der Waals surface area contributed by atoms with E-state index in [-0.39, 0.29) is 5.41 Å². The first-order chi connectivity index (χ1) is 30.9. The van der Waals surface area contributed by atoms with Gasteiger partial charge in [0.2, 0.25) is 0 Å². The second-order valence-electron chi connectivity index (χ2n) is 18.4. The van der Waals surface area contributed by atoms with Gasteiger partial charge in [-0.1, -0.05) is 196 Å². The predicted molar refractivity (Wildman–Crippen MR) is 271 cm³/mol. The van der Waals surface area contributed by atoms with Crippen molar-refractivity contribution in [3.63, 3.8) is 0 Å². The van der Waals surface area contributed by atoms with E-state index in [1.807, 2.05) is 0 Å². The number of rotatable bonds is 4. The zero-order valence-electron chi connectivity index (χ0n) is 35.1. The van der Waals surface area contributed by atoms with E-state index < -0.39 is 0 Å². The maximum Gasteiger partial charge on any atom is 0.0159 e. The molecular formula is C63H40. The lowest BCUT2D eigenvalue weighted by Gasteiger charge is -2.23. The fraction of sp³-hybridized carbons (Fsp3) is 0.0476. The Kier molecular flexibility index (Phi) is 6.99. The highest BCUT2D eigenvalue weighted by atomic mass is 14.4. The van der Waals surface area contributed by atoms with E-state index in [4.69, 9.17) is 0 Å². The molecule has 0 aromatic heterocycles. The van der Waals surface area contributed by atoms with E-state index >= 15 is 0 Å². The molecule has 292 valence electrons. The maximum atomic E-state index is 2.45. The molecule has 0 heteroatoms. The first kappa shape index (κ1) is 34.9. The van der Waals surface area contributed by atoms with Crippen molar-refractivity contribution in [2.45, 2.75) is 19.3 Å². The molecule has 0 spiro atoms. The highest BCUT2D eigenvalue weighted by Crippen LogP contribution is 2.51. The lowest BCUT2D eigenvalue weighted by Crippen LogP contribution is -2.15. The summed E-state index contributed by atoms with van der Waals surface area (Å²) in [4.78, 5) is 0. The zero-order chi connectivity index (χ0) is 41.6. The smallest absolute Gasteiger partial charge is 0.0159 e. The number of hydrogen-bond acceptors (Lipinski definition) is 0. The van der Waals surface area contributed by atoms with Crippen LogP contribution in [0.3, 0.4) is 0 Å². The Hall–Kier alpha value is -7.80. The molecule has 0 aliphatic heterocycles. The predicted octanol–water partition coefficient (Wildman–Crippen LogP) is 17.6. The van der Waals surface area contributed by atoms with Crippen molar-refractivity contribution in [2.75, 3.05) is 0 Å². The zero-order valence-corrected chi connectivity index (χ0v) is 35.1. The minimum atomic E-state index is -0.134. The average molecular weight is 797 g/mol. The average Bonchev–Trinajstić information content (AvgIpc) is 3.56. The molecule has 0 unspecified atom stereocenters. The van der Waals surface area contributed by atoms with Crippen LogP contribution in [0.25, 0.3) is 131 Å². The van der Waals surface area contributed by atoms with E-state index in [0.717, 1.165) is 0 Å². The van der Waals surface area contributed by atoms with Crippen LogP contribution in [0.4, 0.5) is 0 Å². The number of hydrogen-bond donors (Lipinski definition) is 0. The summed E-state index contributed by atoms with van der Waals surface area (Å²) in [6.07, 6.45) is 0. The molecule has 0 fully saturated rings. The van der Waals surface area contributed by atoms with Crippen molar-refractivity contribution in [1.82, 2.24) is 0 Å². The maximum absolute atomic E-state index is 2.45. The van der Waals surface area contributed by atoms with Gasteiger partial charge in [0.15, 0.2) is 0 Å². The standard InChI is InChI=1S/C63H40/c1-63(2)57-35-48(37-9-11-38(12-10-37)51-27-21-43-15-13-39-5-3-7-41-23-31-55(51)61(43)59(39)41)25-29-53(57)54-30-26-49(36-58(54)63)46-17-18-47-34-50(20-19-45(47)33-46)52-28-22-44-16-14-40-6-4-8-42-24-32-56(52)62(44)60(40)42/h3-36H,1-2H3. The molecule has 0 atom stereocenters. The Balaban J connectivity index is 0.774. The molecule has 0 radical (unpaired) electrons. The second kappa shape index (κ2) is 12.6. The summed E-state index contributed by atoms with van der Waals surface area (Å²) in [5, 5.41) is 18.4. The Morgan fingerprint density at radius 3 is 1.11 bits per heavy atom. The largest absolute Gasteiger partial charge is 0.0610 e.